The lowest BCUT2D eigenvalue weighted by Crippen LogP contribution is -2.43. The molecule has 0 aliphatic carbocycles. The van der Waals surface area contributed by atoms with Crippen LogP contribution in [-0.4, -0.2) is 73.6 Å². The molecule has 11 nitrogen and oxygen atoms in total. The summed E-state index contributed by atoms with van der Waals surface area (Å²) in [7, 11) is 0. The van der Waals surface area contributed by atoms with Gasteiger partial charge in [-0.2, -0.15) is 0 Å². The highest BCUT2D eigenvalue weighted by molar-refractivity contribution is 5.99. The average Bonchev–Trinajstić information content (AvgIpc) is 3.90. The van der Waals surface area contributed by atoms with Crippen LogP contribution in [0.5, 0.6) is 0 Å². The summed E-state index contributed by atoms with van der Waals surface area (Å²) in [5, 5.41) is 5.90. The molecule has 0 saturated carbocycles. The number of carbonyl (C=O) groups is 4. The van der Waals surface area contributed by atoms with Crippen LogP contribution >= 0.6 is 0 Å². The molecule has 49 heavy (non-hydrogen) atoms. The van der Waals surface area contributed by atoms with Crippen molar-refractivity contribution in [3.63, 3.8) is 0 Å². The highest BCUT2D eigenvalue weighted by Crippen LogP contribution is 2.26. The SMILES string of the molecule is O=C(Nc1ccc(-c2nc3ccc(NC(=O)[C@@H]4CCCN4C(=O)Cc4ccccc4)cc3[nH]2)nc1)[C@@H]1CCCN1C(=O)Cc1ccccc1. The van der Waals surface area contributed by atoms with Gasteiger partial charge >= 0.3 is 0 Å². The molecule has 2 fully saturated rings. The number of fused-ring (bicyclic) bond motifs is 1. The number of hydrogen-bond donors (Lipinski definition) is 3. The summed E-state index contributed by atoms with van der Waals surface area (Å²) in [5.41, 5.74) is 4.99. The topological polar surface area (TPSA) is 140 Å². The number of pyridine rings is 1. The highest BCUT2D eigenvalue weighted by Gasteiger charge is 2.35. The maximum Gasteiger partial charge on any atom is 0.247 e. The molecule has 4 heterocycles. The van der Waals surface area contributed by atoms with Crippen LogP contribution in [0.15, 0.2) is 97.2 Å². The predicted molar refractivity (Wildman–Crippen MR) is 186 cm³/mol. The monoisotopic (exact) mass is 655 g/mol. The van der Waals surface area contributed by atoms with Crippen LogP contribution < -0.4 is 10.6 Å². The van der Waals surface area contributed by atoms with E-state index in [1.54, 1.807) is 34.2 Å². The summed E-state index contributed by atoms with van der Waals surface area (Å²) < 4.78 is 0. The molecule has 11 heteroatoms. The number of carbonyl (C=O) groups excluding carboxylic acids is 4. The quantitative estimate of drug-likeness (QED) is 0.205. The zero-order valence-corrected chi connectivity index (χ0v) is 27.0. The average molecular weight is 656 g/mol. The van der Waals surface area contributed by atoms with Crippen LogP contribution in [0.2, 0.25) is 0 Å². The van der Waals surface area contributed by atoms with Crippen molar-refractivity contribution in [2.24, 2.45) is 0 Å². The van der Waals surface area contributed by atoms with E-state index in [1.165, 1.54) is 0 Å². The molecule has 2 aromatic heterocycles. The van der Waals surface area contributed by atoms with E-state index >= 15 is 0 Å². The Morgan fingerprint density at radius 1 is 0.694 bits per heavy atom. The van der Waals surface area contributed by atoms with Gasteiger partial charge in [0.2, 0.25) is 23.6 Å². The molecule has 248 valence electrons. The van der Waals surface area contributed by atoms with Crippen molar-refractivity contribution in [3.8, 4) is 11.5 Å². The summed E-state index contributed by atoms with van der Waals surface area (Å²) in [6.45, 7) is 1.13. The van der Waals surface area contributed by atoms with Crippen molar-refractivity contribution >= 4 is 46.0 Å². The van der Waals surface area contributed by atoms with Gasteiger partial charge in [0.05, 0.1) is 35.8 Å². The van der Waals surface area contributed by atoms with Gasteiger partial charge in [-0.3, -0.25) is 24.2 Å². The minimum absolute atomic E-state index is 0.0509. The second kappa shape index (κ2) is 14.1. The van der Waals surface area contributed by atoms with E-state index in [2.05, 4.69) is 25.6 Å². The molecule has 3 N–H and O–H groups in total. The molecule has 2 atom stereocenters. The summed E-state index contributed by atoms with van der Waals surface area (Å²) in [6, 6.07) is 27.0. The van der Waals surface area contributed by atoms with Crippen molar-refractivity contribution in [2.75, 3.05) is 23.7 Å². The number of H-pyrrole nitrogens is 1. The number of imidazole rings is 1. The molecule has 5 aromatic rings. The normalized spacial score (nSPS) is 17.3. The van der Waals surface area contributed by atoms with Crippen LogP contribution in [-0.2, 0) is 32.0 Å². The number of rotatable bonds is 9. The predicted octanol–water partition coefficient (Wildman–Crippen LogP) is 4.97. The first-order valence-corrected chi connectivity index (χ1v) is 16.7. The molecule has 3 aromatic carbocycles. The number of benzene rings is 3. The van der Waals surface area contributed by atoms with E-state index in [0.717, 1.165) is 29.5 Å². The zero-order valence-electron chi connectivity index (χ0n) is 27.0. The number of anilines is 2. The van der Waals surface area contributed by atoms with Gasteiger partial charge in [0, 0.05) is 18.8 Å². The van der Waals surface area contributed by atoms with Gasteiger partial charge in [0.15, 0.2) is 5.82 Å². The van der Waals surface area contributed by atoms with Crippen molar-refractivity contribution in [3.05, 3.63) is 108 Å². The molecular formula is C38H37N7O4. The summed E-state index contributed by atoms with van der Waals surface area (Å²) in [6.07, 6.45) is 4.90. The van der Waals surface area contributed by atoms with E-state index in [1.807, 2.05) is 72.8 Å². The fraction of sp³-hybridized carbons (Fsp3) is 0.263. The van der Waals surface area contributed by atoms with Crippen LogP contribution in [0.3, 0.4) is 0 Å². The van der Waals surface area contributed by atoms with Gasteiger partial charge in [-0.15, -0.1) is 0 Å². The third-order valence-electron chi connectivity index (χ3n) is 9.17. The third-order valence-corrected chi connectivity index (χ3v) is 9.17. The fourth-order valence-corrected chi connectivity index (χ4v) is 6.69. The number of likely N-dealkylation sites (tertiary alicyclic amines) is 2. The molecule has 0 unspecified atom stereocenters. The van der Waals surface area contributed by atoms with Crippen LogP contribution in [0.1, 0.15) is 36.8 Å². The Balaban J connectivity index is 0.967. The number of nitrogens with zero attached hydrogens (tertiary/aromatic N) is 4. The minimum atomic E-state index is -0.521. The minimum Gasteiger partial charge on any atom is -0.337 e. The number of aromatic nitrogens is 3. The van der Waals surface area contributed by atoms with Crippen molar-refractivity contribution in [2.45, 2.75) is 50.6 Å². The molecule has 0 bridgehead atoms. The number of amides is 4. The first kappa shape index (κ1) is 31.7. The van der Waals surface area contributed by atoms with Crippen LogP contribution in [0.4, 0.5) is 11.4 Å². The number of nitrogens with one attached hydrogen (secondary N) is 3. The lowest BCUT2D eigenvalue weighted by molar-refractivity contribution is -0.136. The molecule has 2 aliphatic rings. The van der Waals surface area contributed by atoms with Crippen LogP contribution in [0, 0.1) is 0 Å². The Morgan fingerprint density at radius 2 is 1.24 bits per heavy atom. The molecule has 0 radical (unpaired) electrons. The maximum absolute atomic E-state index is 13.3. The van der Waals surface area contributed by atoms with E-state index in [-0.39, 0.29) is 36.5 Å². The second-order valence-electron chi connectivity index (χ2n) is 12.5. The van der Waals surface area contributed by atoms with Gasteiger partial charge in [-0.1, -0.05) is 60.7 Å². The van der Waals surface area contributed by atoms with Gasteiger partial charge in [-0.25, -0.2) is 4.98 Å². The van der Waals surface area contributed by atoms with Crippen molar-refractivity contribution in [1.29, 1.82) is 0 Å². The molecular weight excluding hydrogens is 618 g/mol. The maximum atomic E-state index is 13.3. The van der Waals surface area contributed by atoms with E-state index in [9.17, 15) is 19.2 Å². The Morgan fingerprint density at radius 3 is 1.80 bits per heavy atom. The molecule has 2 aliphatic heterocycles. The summed E-state index contributed by atoms with van der Waals surface area (Å²) in [5.74, 6) is -0.00521. The van der Waals surface area contributed by atoms with Gasteiger partial charge < -0.3 is 25.4 Å². The summed E-state index contributed by atoms with van der Waals surface area (Å²) >= 11 is 0. The first-order valence-electron chi connectivity index (χ1n) is 16.7. The Bertz CT molecular complexity index is 1980. The van der Waals surface area contributed by atoms with Gasteiger partial charge in [0.1, 0.15) is 17.8 Å². The van der Waals surface area contributed by atoms with Crippen LogP contribution in [0.25, 0.3) is 22.6 Å². The highest BCUT2D eigenvalue weighted by atomic mass is 16.2. The van der Waals surface area contributed by atoms with E-state index in [0.29, 0.717) is 54.3 Å². The van der Waals surface area contributed by atoms with Gasteiger partial charge in [0.25, 0.3) is 0 Å². The van der Waals surface area contributed by atoms with Crippen molar-refractivity contribution < 1.29 is 19.2 Å². The third kappa shape index (κ3) is 7.20. The number of aromatic amines is 1. The van der Waals surface area contributed by atoms with Gasteiger partial charge in [-0.05, 0) is 67.1 Å². The first-order chi connectivity index (χ1) is 23.9. The largest absolute Gasteiger partial charge is 0.337 e. The molecule has 4 amide bonds. The van der Waals surface area contributed by atoms with Crippen molar-refractivity contribution in [1.82, 2.24) is 24.8 Å². The Hall–Kier alpha value is -5.84. The standard InChI is InChI=1S/C38H37N7O4/c46-34(21-25-9-3-1-4-10-25)44-19-7-13-32(44)37(48)40-27-15-17-29-31(23-27)43-36(42-29)30-18-16-28(24-39-30)41-38(49)33-14-8-20-45(33)35(47)22-26-11-5-2-6-12-26/h1-6,9-12,15-18,23-24,32-33H,7-8,13-14,19-22H2,(H,40,48)(H,41,49)(H,42,43)/t32-,33-/m0/s1. The number of hydrogen-bond acceptors (Lipinski definition) is 6. The second-order valence-corrected chi connectivity index (χ2v) is 12.5. The Labute approximate surface area is 283 Å². The van der Waals surface area contributed by atoms with E-state index in [4.69, 9.17) is 0 Å². The molecule has 0 spiro atoms. The fourth-order valence-electron chi connectivity index (χ4n) is 6.69. The zero-order chi connectivity index (χ0) is 33.7. The molecule has 2 saturated heterocycles. The van der Waals surface area contributed by atoms with E-state index < -0.39 is 12.1 Å². The lowest BCUT2D eigenvalue weighted by Gasteiger charge is -2.24. The Kier molecular flexibility index (Phi) is 9.14. The summed E-state index contributed by atoms with van der Waals surface area (Å²) in [4.78, 5) is 68.2. The lowest BCUT2D eigenvalue weighted by atomic mass is 10.1. The smallest absolute Gasteiger partial charge is 0.247 e. The molecule has 7 rings (SSSR count).